The van der Waals surface area contributed by atoms with E-state index in [1.807, 2.05) is 0 Å². The monoisotopic (exact) mass is 242 g/mol. The van der Waals surface area contributed by atoms with Crippen molar-refractivity contribution in [2.45, 2.75) is 52.5 Å². The third-order valence-electron chi connectivity index (χ3n) is 3.66. The molecule has 1 rings (SSSR count). The van der Waals surface area contributed by atoms with E-state index in [0.29, 0.717) is 16.4 Å². The normalized spacial score (nSPS) is 20.1. The van der Waals surface area contributed by atoms with Crippen LogP contribution in [0.3, 0.4) is 0 Å². The second-order valence-corrected chi connectivity index (χ2v) is 6.56. The molecule has 1 atom stereocenters. The Morgan fingerprint density at radius 1 is 1.38 bits per heavy atom. The van der Waals surface area contributed by atoms with Gasteiger partial charge < -0.3 is 10.6 Å². The minimum absolute atomic E-state index is 0.422. The van der Waals surface area contributed by atoms with Crippen molar-refractivity contribution in [2.24, 2.45) is 17.1 Å². The average molecular weight is 242 g/mol. The largest absolute Gasteiger partial charge is 0.393 e. The van der Waals surface area contributed by atoms with Crippen molar-refractivity contribution in [2.75, 3.05) is 13.6 Å². The number of rotatable bonds is 7. The zero-order chi connectivity index (χ0) is 12.3. The molecule has 0 amide bonds. The first-order chi connectivity index (χ1) is 7.34. The SMILES string of the molecule is CC(C)CC(C)N(C)CC1(CC(N)=S)CC1. The summed E-state index contributed by atoms with van der Waals surface area (Å²) in [6.45, 7) is 8.04. The molecule has 1 fully saturated rings. The van der Waals surface area contributed by atoms with E-state index in [1.165, 1.54) is 19.3 Å². The molecule has 0 heterocycles. The van der Waals surface area contributed by atoms with Gasteiger partial charge in [0.25, 0.3) is 0 Å². The van der Waals surface area contributed by atoms with Crippen molar-refractivity contribution in [3.05, 3.63) is 0 Å². The number of hydrogen-bond acceptors (Lipinski definition) is 2. The minimum Gasteiger partial charge on any atom is -0.393 e. The van der Waals surface area contributed by atoms with E-state index in [9.17, 15) is 0 Å². The van der Waals surface area contributed by atoms with Gasteiger partial charge >= 0.3 is 0 Å². The van der Waals surface area contributed by atoms with E-state index in [1.54, 1.807) is 0 Å². The summed E-state index contributed by atoms with van der Waals surface area (Å²) < 4.78 is 0. The van der Waals surface area contributed by atoms with Crippen molar-refractivity contribution in [3.63, 3.8) is 0 Å². The first-order valence-corrected chi connectivity index (χ1v) is 6.74. The molecule has 2 nitrogen and oxygen atoms in total. The Labute approximate surface area is 106 Å². The fourth-order valence-corrected chi connectivity index (χ4v) is 2.79. The molecule has 1 aliphatic rings. The Kier molecular flexibility index (Phi) is 4.74. The molecular formula is C13H26N2S. The van der Waals surface area contributed by atoms with Gasteiger partial charge in [0.1, 0.15) is 0 Å². The van der Waals surface area contributed by atoms with Gasteiger partial charge in [-0.1, -0.05) is 26.1 Å². The second-order valence-electron chi connectivity index (χ2n) is 6.04. The van der Waals surface area contributed by atoms with Crippen molar-refractivity contribution >= 4 is 17.2 Å². The van der Waals surface area contributed by atoms with Gasteiger partial charge in [0, 0.05) is 19.0 Å². The predicted octanol–water partition coefficient (Wildman–Crippen LogP) is 2.81. The van der Waals surface area contributed by atoms with Crippen LogP contribution in [-0.4, -0.2) is 29.5 Å². The van der Waals surface area contributed by atoms with Crippen LogP contribution < -0.4 is 5.73 Å². The molecule has 0 aliphatic heterocycles. The van der Waals surface area contributed by atoms with Crippen LogP contribution in [0.4, 0.5) is 0 Å². The highest BCUT2D eigenvalue weighted by Crippen LogP contribution is 2.49. The van der Waals surface area contributed by atoms with Crippen molar-refractivity contribution in [1.29, 1.82) is 0 Å². The summed E-state index contributed by atoms with van der Waals surface area (Å²) in [6.07, 6.45) is 4.78. The molecule has 0 radical (unpaired) electrons. The van der Waals surface area contributed by atoms with Gasteiger partial charge in [-0.25, -0.2) is 0 Å². The highest BCUT2D eigenvalue weighted by atomic mass is 32.1. The third kappa shape index (κ3) is 4.38. The van der Waals surface area contributed by atoms with E-state index in [2.05, 4.69) is 32.7 Å². The first kappa shape index (κ1) is 13.9. The zero-order valence-electron chi connectivity index (χ0n) is 11.1. The first-order valence-electron chi connectivity index (χ1n) is 6.33. The molecule has 0 aromatic heterocycles. The number of hydrogen-bond donors (Lipinski definition) is 1. The van der Waals surface area contributed by atoms with Gasteiger partial charge in [-0.15, -0.1) is 0 Å². The molecule has 0 saturated heterocycles. The maximum atomic E-state index is 5.66. The summed E-state index contributed by atoms with van der Waals surface area (Å²) in [5.41, 5.74) is 6.09. The highest BCUT2D eigenvalue weighted by molar-refractivity contribution is 7.80. The van der Waals surface area contributed by atoms with Crippen LogP contribution in [0, 0.1) is 11.3 Å². The fourth-order valence-electron chi connectivity index (χ4n) is 2.48. The highest BCUT2D eigenvalue weighted by Gasteiger charge is 2.43. The van der Waals surface area contributed by atoms with Crippen LogP contribution in [0.1, 0.15) is 46.5 Å². The lowest BCUT2D eigenvalue weighted by Crippen LogP contribution is -2.36. The van der Waals surface area contributed by atoms with Crippen LogP contribution in [0.25, 0.3) is 0 Å². The summed E-state index contributed by atoms with van der Waals surface area (Å²) in [5.74, 6) is 0.767. The molecule has 1 saturated carbocycles. The molecule has 0 aromatic carbocycles. The van der Waals surface area contributed by atoms with E-state index in [-0.39, 0.29) is 0 Å². The molecule has 3 heteroatoms. The molecule has 94 valence electrons. The van der Waals surface area contributed by atoms with E-state index >= 15 is 0 Å². The summed E-state index contributed by atoms with van der Waals surface area (Å²) in [5, 5.41) is 0. The molecule has 16 heavy (non-hydrogen) atoms. The summed E-state index contributed by atoms with van der Waals surface area (Å²) >= 11 is 5.03. The molecule has 1 aliphatic carbocycles. The van der Waals surface area contributed by atoms with E-state index in [4.69, 9.17) is 18.0 Å². The average Bonchev–Trinajstić information content (AvgIpc) is 2.81. The van der Waals surface area contributed by atoms with Gasteiger partial charge in [-0.3, -0.25) is 0 Å². The molecular weight excluding hydrogens is 216 g/mol. The van der Waals surface area contributed by atoms with Crippen LogP contribution in [0.2, 0.25) is 0 Å². The molecule has 1 unspecified atom stereocenters. The Morgan fingerprint density at radius 3 is 2.31 bits per heavy atom. The number of nitrogens with zero attached hydrogens (tertiary/aromatic N) is 1. The van der Waals surface area contributed by atoms with Gasteiger partial charge in [0.15, 0.2) is 0 Å². The van der Waals surface area contributed by atoms with Gasteiger partial charge in [0.2, 0.25) is 0 Å². The van der Waals surface area contributed by atoms with E-state index in [0.717, 1.165) is 18.9 Å². The summed E-state index contributed by atoms with van der Waals surface area (Å²) in [4.78, 5) is 3.16. The van der Waals surface area contributed by atoms with Crippen molar-refractivity contribution in [3.8, 4) is 0 Å². The zero-order valence-corrected chi connectivity index (χ0v) is 11.9. The third-order valence-corrected chi connectivity index (χ3v) is 3.80. The summed E-state index contributed by atoms with van der Waals surface area (Å²) in [6, 6.07) is 0.656. The number of thiocarbonyl (C=S) groups is 1. The topological polar surface area (TPSA) is 29.3 Å². The molecule has 0 spiro atoms. The Balaban J connectivity index is 2.38. The minimum atomic E-state index is 0.422. The Bertz CT molecular complexity index is 246. The van der Waals surface area contributed by atoms with Gasteiger partial charge in [-0.2, -0.15) is 0 Å². The number of nitrogens with two attached hydrogens (primary N) is 1. The van der Waals surface area contributed by atoms with Gasteiger partial charge in [0.05, 0.1) is 4.99 Å². The smallest absolute Gasteiger partial charge is 0.0733 e. The Morgan fingerprint density at radius 2 is 1.94 bits per heavy atom. The van der Waals surface area contributed by atoms with E-state index < -0.39 is 0 Å². The lowest BCUT2D eigenvalue weighted by molar-refractivity contribution is 0.189. The van der Waals surface area contributed by atoms with Crippen molar-refractivity contribution < 1.29 is 0 Å². The van der Waals surface area contributed by atoms with Gasteiger partial charge in [-0.05, 0) is 44.6 Å². The maximum absolute atomic E-state index is 5.66. The van der Waals surface area contributed by atoms with Crippen LogP contribution in [0.5, 0.6) is 0 Å². The lowest BCUT2D eigenvalue weighted by Gasteiger charge is -2.30. The standard InChI is InChI=1S/C13H26N2S/c1-10(2)7-11(3)15(4)9-13(5-6-13)8-12(14)16/h10-11H,5-9H2,1-4H3,(H2,14,16). The predicted molar refractivity (Wildman–Crippen MR) is 74.6 cm³/mol. The quantitative estimate of drug-likeness (QED) is 0.696. The Hall–Kier alpha value is -0.150. The molecule has 2 N–H and O–H groups in total. The maximum Gasteiger partial charge on any atom is 0.0733 e. The molecule has 0 aromatic rings. The van der Waals surface area contributed by atoms with Crippen LogP contribution >= 0.6 is 12.2 Å². The fraction of sp³-hybridized carbons (Fsp3) is 0.923. The lowest BCUT2D eigenvalue weighted by atomic mass is 9.99. The van der Waals surface area contributed by atoms with Crippen LogP contribution in [0.15, 0.2) is 0 Å². The van der Waals surface area contributed by atoms with Crippen molar-refractivity contribution in [1.82, 2.24) is 4.90 Å². The van der Waals surface area contributed by atoms with Crippen LogP contribution in [-0.2, 0) is 0 Å². The molecule has 0 bridgehead atoms. The second kappa shape index (κ2) is 5.46. The summed E-state index contributed by atoms with van der Waals surface area (Å²) in [7, 11) is 2.23.